The fourth-order valence-electron chi connectivity index (χ4n) is 3.44. The average molecular weight is 380 g/mol. The number of rotatable bonds is 6. The number of carbonyl (C=O) groups excluding carboxylic acids is 2. The first kappa shape index (κ1) is 19.6. The largest absolute Gasteiger partial charge is 0.478 e. The Morgan fingerprint density at radius 2 is 1.54 bits per heavy atom. The molecule has 146 valence electrons. The lowest BCUT2D eigenvalue weighted by atomic mass is 9.88. The number of nitrogens with one attached hydrogen (secondary N) is 2. The van der Waals surface area contributed by atoms with E-state index in [1.165, 1.54) is 18.6 Å². The maximum Gasteiger partial charge on any atom is 0.335 e. The van der Waals surface area contributed by atoms with E-state index in [-0.39, 0.29) is 29.7 Å². The maximum atomic E-state index is 12.4. The SMILES string of the molecule is O=C(Cc1ccc(C(=O)O)cc1)Nc1cccc(NC(=O)C2CCCCC2)c1. The first-order valence-electron chi connectivity index (χ1n) is 9.54. The zero-order valence-electron chi connectivity index (χ0n) is 15.6. The van der Waals surface area contributed by atoms with Gasteiger partial charge in [-0.2, -0.15) is 0 Å². The van der Waals surface area contributed by atoms with Crippen LogP contribution >= 0.6 is 0 Å². The highest BCUT2D eigenvalue weighted by molar-refractivity contribution is 5.95. The number of amides is 2. The number of aromatic carboxylic acids is 1. The Hall–Kier alpha value is -3.15. The van der Waals surface area contributed by atoms with Crippen LogP contribution in [-0.4, -0.2) is 22.9 Å². The molecule has 2 aromatic carbocycles. The van der Waals surface area contributed by atoms with Gasteiger partial charge < -0.3 is 15.7 Å². The highest BCUT2D eigenvalue weighted by Gasteiger charge is 2.21. The van der Waals surface area contributed by atoms with Crippen LogP contribution in [0.1, 0.15) is 48.0 Å². The predicted octanol–water partition coefficient (Wildman–Crippen LogP) is 4.08. The van der Waals surface area contributed by atoms with Crippen molar-refractivity contribution in [1.82, 2.24) is 0 Å². The monoisotopic (exact) mass is 380 g/mol. The molecule has 0 saturated heterocycles. The molecule has 0 bridgehead atoms. The summed E-state index contributed by atoms with van der Waals surface area (Å²) in [5, 5.41) is 14.7. The van der Waals surface area contributed by atoms with Crippen LogP contribution in [0.3, 0.4) is 0 Å². The number of hydrogen-bond acceptors (Lipinski definition) is 3. The molecule has 0 radical (unpaired) electrons. The molecule has 1 aliphatic carbocycles. The lowest BCUT2D eigenvalue weighted by molar-refractivity contribution is -0.120. The molecular formula is C22H24N2O4. The number of carboxylic acids is 1. The number of anilines is 2. The first-order chi connectivity index (χ1) is 13.5. The zero-order chi connectivity index (χ0) is 19.9. The highest BCUT2D eigenvalue weighted by Crippen LogP contribution is 2.25. The third-order valence-electron chi connectivity index (χ3n) is 4.96. The van der Waals surface area contributed by atoms with Crippen molar-refractivity contribution >= 4 is 29.2 Å². The molecule has 1 saturated carbocycles. The Morgan fingerprint density at radius 3 is 2.18 bits per heavy atom. The minimum atomic E-state index is -0.997. The molecule has 2 aromatic rings. The summed E-state index contributed by atoms with van der Waals surface area (Å²) in [6.07, 6.45) is 5.40. The molecule has 3 rings (SSSR count). The van der Waals surface area contributed by atoms with Gasteiger partial charge in [-0.15, -0.1) is 0 Å². The normalized spacial score (nSPS) is 14.3. The molecule has 6 heteroatoms. The van der Waals surface area contributed by atoms with E-state index in [9.17, 15) is 14.4 Å². The Morgan fingerprint density at radius 1 is 0.893 bits per heavy atom. The van der Waals surface area contributed by atoms with Crippen molar-refractivity contribution in [1.29, 1.82) is 0 Å². The molecule has 0 spiro atoms. The van der Waals surface area contributed by atoms with Crippen LogP contribution in [0, 0.1) is 5.92 Å². The number of carbonyl (C=O) groups is 3. The molecule has 28 heavy (non-hydrogen) atoms. The van der Waals surface area contributed by atoms with Crippen LogP contribution in [0.15, 0.2) is 48.5 Å². The minimum Gasteiger partial charge on any atom is -0.478 e. The van der Waals surface area contributed by atoms with Gasteiger partial charge in [-0.3, -0.25) is 9.59 Å². The third kappa shape index (κ3) is 5.42. The molecule has 1 fully saturated rings. The lowest BCUT2D eigenvalue weighted by Gasteiger charge is -2.20. The van der Waals surface area contributed by atoms with E-state index in [0.717, 1.165) is 31.2 Å². The van der Waals surface area contributed by atoms with Crippen LogP contribution in [0.5, 0.6) is 0 Å². The van der Waals surface area contributed by atoms with Gasteiger partial charge in [0.05, 0.1) is 12.0 Å². The summed E-state index contributed by atoms with van der Waals surface area (Å²) in [6.45, 7) is 0. The van der Waals surface area contributed by atoms with Crippen LogP contribution < -0.4 is 10.6 Å². The van der Waals surface area contributed by atoms with Gasteiger partial charge in [-0.25, -0.2) is 4.79 Å². The summed E-state index contributed by atoms with van der Waals surface area (Å²) >= 11 is 0. The molecule has 0 aromatic heterocycles. The van der Waals surface area contributed by atoms with Gasteiger partial charge in [0, 0.05) is 17.3 Å². The van der Waals surface area contributed by atoms with Crippen LogP contribution in [0.2, 0.25) is 0 Å². The standard InChI is InChI=1S/C22H24N2O4/c25-20(13-15-9-11-17(12-10-15)22(27)28)23-18-7-4-8-19(14-18)24-21(26)16-5-2-1-3-6-16/h4,7-12,14,16H,1-3,5-6,13H2,(H,23,25)(H,24,26)(H,27,28). The predicted molar refractivity (Wildman–Crippen MR) is 107 cm³/mol. The summed E-state index contributed by atoms with van der Waals surface area (Å²) in [6, 6.07) is 13.3. The quantitative estimate of drug-likeness (QED) is 0.703. The molecular weight excluding hydrogens is 356 g/mol. The molecule has 1 aliphatic rings. The van der Waals surface area contributed by atoms with Gasteiger partial charge in [0.1, 0.15) is 0 Å². The van der Waals surface area contributed by atoms with E-state index in [0.29, 0.717) is 11.4 Å². The lowest BCUT2D eigenvalue weighted by Crippen LogP contribution is -2.24. The number of hydrogen-bond donors (Lipinski definition) is 3. The molecule has 0 heterocycles. The van der Waals surface area contributed by atoms with Crippen molar-refractivity contribution in [2.24, 2.45) is 5.92 Å². The first-order valence-corrected chi connectivity index (χ1v) is 9.54. The summed E-state index contributed by atoms with van der Waals surface area (Å²) in [4.78, 5) is 35.5. The number of carboxylic acid groups (broad SMARTS) is 1. The fraction of sp³-hybridized carbons (Fsp3) is 0.318. The van der Waals surface area contributed by atoms with Crippen molar-refractivity contribution in [2.45, 2.75) is 38.5 Å². The van der Waals surface area contributed by atoms with Crippen molar-refractivity contribution in [3.8, 4) is 0 Å². The van der Waals surface area contributed by atoms with Crippen LogP contribution in [-0.2, 0) is 16.0 Å². The van der Waals surface area contributed by atoms with Crippen molar-refractivity contribution in [3.05, 3.63) is 59.7 Å². The van der Waals surface area contributed by atoms with Crippen molar-refractivity contribution < 1.29 is 19.5 Å². The Kier molecular flexibility index (Phi) is 6.42. The fourth-order valence-corrected chi connectivity index (χ4v) is 3.44. The van der Waals surface area contributed by atoms with E-state index in [2.05, 4.69) is 10.6 Å². The summed E-state index contributed by atoms with van der Waals surface area (Å²) < 4.78 is 0. The Labute approximate surface area is 164 Å². The second kappa shape index (κ2) is 9.17. The summed E-state index contributed by atoms with van der Waals surface area (Å²) in [5.41, 5.74) is 2.18. The second-order valence-electron chi connectivity index (χ2n) is 7.13. The van der Waals surface area contributed by atoms with E-state index >= 15 is 0 Å². The van der Waals surface area contributed by atoms with Gasteiger partial charge in [0.2, 0.25) is 11.8 Å². The van der Waals surface area contributed by atoms with Gasteiger partial charge in [-0.1, -0.05) is 37.5 Å². The molecule has 6 nitrogen and oxygen atoms in total. The van der Waals surface area contributed by atoms with Crippen molar-refractivity contribution in [2.75, 3.05) is 10.6 Å². The number of benzene rings is 2. The summed E-state index contributed by atoms with van der Waals surface area (Å²) in [5.74, 6) is -1.09. The molecule has 3 N–H and O–H groups in total. The van der Waals surface area contributed by atoms with Crippen molar-refractivity contribution in [3.63, 3.8) is 0 Å². The van der Waals surface area contributed by atoms with E-state index in [1.807, 2.05) is 0 Å². The zero-order valence-corrected chi connectivity index (χ0v) is 15.6. The molecule has 0 aliphatic heterocycles. The average Bonchev–Trinajstić information content (AvgIpc) is 2.69. The third-order valence-corrected chi connectivity index (χ3v) is 4.96. The maximum absolute atomic E-state index is 12.4. The Balaban J connectivity index is 1.56. The van der Waals surface area contributed by atoms with Crippen LogP contribution in [0.4, 0.5) is 11.4 Å². The van der Waals surface area contributed by atoms with Gasteiger partial charge in [0.25, 0.3) is 0 Å². The van der Waals surface area contributed by atoms with Gasteiger partial charge in [-0.05, 0) is 48.7 Å². The minimum absolute atomic E-state index is 0.0432. The van der Waals surface area contributed by atoms with Gasteiger partial charge >= 0.3 is 5.97 Å². The summed E-state index contributed by atoms with van der Waals surface area (Å²) in [7, 11) is 0. The van der Waals surface area contributed by atoms with E-state index < -0.39 is 5.97 Å². The highest BCUT2D eigenvalue weighted by atomic mass is 16.4. The smallest absolute Gasteiger partial charge is 0.335 e. The molecule has 0 unspecified atom stereocenters. The second-order valence-corrected chi connectivity index (χ2v) is 7.13. The topological polar surface area (TPSA) is 95.5 Å². The van der Waals surface area contributed by atoms with Crippen LogP contribution in [0.25, 0.3) is 0 Å². The van der Waals surface area contributed by atoms with Gasteiger partial charge in [0.15, 0.2) is 0 Å². The molecule has 0 atom stereocenters. The van der Waals surface area contributed by atoms with E-state index in [4.69, 9.17) is 5.11 Å². The Bertz CT molecular complexity index is 855. The van der Waals surface area contributed by atoms with E-state index in [1.54, 1.807) is 36.4 Å². The molecule has 2 amide bonds.